The average Bonchev–Trinajstić information content (AvgIpc) is 2.61. The lowest BCUT2D eigenvalue weighted by molar-refractivity contribution is 0.143. The van der Waals surface area contributed by atoms with E-state index in [0.29, 0.717) is 6.54 Å². The van der Waals surface area contributed by atoms with Crippen LogP contribution in [0.3, 0.4) is 0 Å². The maximum Gasteiger partial charge on any atom is 0.191 e. The van der Waals surface area contributed by atoms with Gasteiger partial charge in [0.2, 0.25) is 0 Å². The van der Waals surface area contributed by atoms with E-state index in [1.54, 1.807) is 14.2 Å². The normalized spacial score (nSPS) is 12.6. The molecule has 0 saturated heterocycles. The summed E-state index contributed by atoms with van der Waals surface area (Å²) in [6.07, 6.45) is 2.08. The summed E-state index contributed by atoms with van der Waals surface area (Å²) >= 11 is 0. The molecule has 136 valence electrons. The first-order chi connectivity index (χ1) is 11.7. The minimum Gasteiger partial charge on any atom is -0.493 e. The zero-order valence-electron chi connectivity index (χ0n) is 15.3. The van der Waals surface area contributed by atoms with Crippen molar-refractivity contribution in [3.63, 3.8) is 0 Å². The Kier molecular flexibility index (Phi) is 10.4. The molecular formula is C18H31N3O3. The molecule has 0 aliphatic rings. The SMILES string of the molecule is CCOCCCCNC(=NC)NCC(C)Oc1ccccc1OC. The summed E-state index contributed by atoms with van der Waals surface area (Å²) in [5, 5.41) is 6.56. The van der Waals surface area contributed by atoms with Gasteiger partial charge in [-0.3, -0.25) is 4.99 Å². The number of nitrogens with one attached hydrogen (secondary N) is 2. The Hall–Kier alpha value is -1.95. The monoisotopic (exact) mass is 337 g/mol. The number of hydrogen-bond acceptors (Lipinski definition) is 4. The molecule has 1 atom stereocenters. The predicted molar refractivity (Wildman–Crippen MR) is 98.2 cm³/mol. The van der Waals surface area contributed by atoms with Crippen LogP contribution >= 0.6 is 0 Å². The lowest BCUT2D eigenvalue weighted by Crippen LogP contribution is -2.42. The molecule has 0 aromatic heterocycles. The molecule has 0 amide bonds. The molecule has 0 aliphatic heterocycles. The van der Waals surface area contributed by atoms with Crippen molar-refractivity contribution in [3.8, 4) is 11.5 Å². The molecule has 6 heteroatoms. The summed E-state index contributed by atoms with van der Waals surface area (Å²) in [5.41, 5.74) is 0. The lowest BCUT2D eigenvalue weighted by Gasteiger charge is -2.19. The number of rotatable bonds is 11. The number of benzene rings is 1. The standard InChI is InChI=1S/C18H31N3O3/c1-5-23-13-9-8-12-20-18(19-3)21-14-15(2)24-17-11-7-6-10-16(17)22-4/h6-7,10-11,15H,5,8-9,12-14H2,1-4H3,(H2,19,20,21). The Morgan fingerprint density at radius 3 is 2.58 bits per heavy atom. The van der Waals surface area contributed by atoms with Crippen molar-refractivity contribution in [2.24, 2.45) is 4.99 Å². The predicted octanol–water partition coefficient (Wildman–Crippen LogP) is 2.44. The van der Waals surface area contributed by atoms with E-state index in [2.05, 4.69) is 15.6 Å². The van der Waals surface area contributed by atoms with E-state index >= 15 is 0 Å². The summed E-state index contributed by atoms with van der Waals surface area (Å²) in [4.78, 5) is 4.22. The van der Waals surface area contributed by atoms with E-state index in [4.69, 9.17) is 14.2 Å². The van der Waals surface area contributed by atoms with Crippen LogP contribution in [-0.2, 0) is 4.74 Å². The highest BCUT2D eigenvalue weighted by atomic mass is 16.5. The van der Waals surface area contributed by atoms with E-state index in [1.165, 1.54) is 0 Å². The molecule has 1 aromatic rings. The molecule has 0 radical (unpaired) electrons. The van der Waals surface area contributed by atoms with Crippen LogP contribution in [0.25, 0.3) is 0 Å². The first-order valence-electron chi connectivity index (χ1n) is 8.53. The van der Waals surface area contributed by atoms with Crippen LogP contribution in [0.5, 0.6) is 11.5 Å². The molecule has 0 spiro atoms. The van der Waals surface area contributed by atoms with E-state index in [-0.39, 0.29) is 6.10 Å². The topological polar surface area (TPSA) is 64.1 Å². The summed E-state index contributed by atoms with van der Waals surface area (Å²) < 4.78 is 16.5. The van der Waals surface area contributed by atoms with Crippen molar-refractivity contribution in [1.29, 1.82) is 0 Å². The number of unbranched alkanes of at least 4 members (excludes halogenated alkanes) is 1. The number of nitrogens with zero attached hydrogens (tertiary/aromatic N) is 1. The van der Waals surface area contributed by atoms with E-state index in [1.807, 2.05) is 38.1 Å². The Bertz CT molecular complexity index is 480. The largest absolute Gasteiger partial charge is 0.493 e. The fraction of sp³-hybridized carbons (Fsp3) is 0.611. The van der Waals surface area contributed by atoms with Crippen LogP contribution in [0, 0.1) is 0 Å². The van der Waals surface area contributed by atoms with Crippen LogP contribution in [0.1, 0.15) is 26.7 Å². The maximum atomic E-state index is 5.91. The summed E-state index contributed by atoms with van der Waals surface area (Å²) in [6.45, 7) is 7.13. The van der Waals surface area contributed by atoms with Crippen LogP contribution in [-0.4, -0.2) is 52.5 Å². The van der Waals surface area contributed by atoms with Gasteiger partial charge in [-0.25, -0.2) is 0 Å². The van der Waals surface area contributed by atoms with Gasteiger partial charge in [0.25, 0.3) is 0 Å². The Labute approximate surface area is 145 Å². The second kappa shape index (κ2) is 12.5. The highest BCUT2D eigenvalue weighted by Crippen LogP contribution is 2.26. The third kappa shape index (κ3) is 8.06. The molecule has 0 heterocycles. The fourth-order valence-electron chi connectivity index (χ4n) is 2.12. The van der Waals surface area contributed by atoms with Crippen LogP contribution in [0.15, 0.2) is 29.3 Å². The number of para-hydroxylation sites is 2. The third-order valence-corrected chi connectivity index (χ3v) is 3.39. The zero-order chi connectivity index (χ0) is 17.6. The second-order valence-corrected chi connectivity index (χ2v) is 5.36. The van der Waals surface area contributed by atoms with Crippen molar-refractivity contribution in [2.45, 2.75) is 32.8 Å². The van der Waals surface area contributed by atoms with Crippen LogP contribution < -0.4 is 20.1 Å². The summed E-state index contributed by atoms with van der Waals surface area (Å²) in [7, 11) is 3.41. The Morgan fingerprint density at radius 2 is 1.92 bits per heavy atom. The van der Waals surface area contributed by atoms with Gasteiger partial charge in [-0.2, -0.15) is 0 Å². The minimum absolute atomic E-state index is 0.0159. The minimum atomic E-state index is -0.0159. The van der Waals surface area contributed by atoms with Crippen molar-refractivity contribution >= 4 is 5.96 Å². The van der Waals surface area contributed by atoms with Gasteiger partial charge in [0.15, 0.2) is 17.5 Å². The van der Waals surface area contributed by atoms with Gasteiger partial charge in [-0.05, 0) is 38.8 Å². The summed E-state index contributed by atoms with van der Waals surface area (Å²) in [5.74, 6) is 2.26. The van der Waals surface area contributed by atoms with Gasteiger partial charge in [-0.15, -0.1) is 0 Å². The van der Waals surface area contributed by atoms with Gasteiger partial charge >= 0.3 is 0 Å². The van der Waals surface area contributed by atoms with Gasteiger partial charge in [0.05, 0.1) is 13.7 Å². The first kappa shape index (κ1) is 20.1. The van der Waals surface area contributed by atoms with Crippen LogP contribution in [0.2, 0.25) is 0 Å². The third-order valence-electron chi connectivity index (χ3n) is 3.39. The highest BCUT2D eigenvalue weighted by molar-refractivity contribution is 5.79. The molecule has 1 aromatic carbocycles. The van der Waals surface area contributed by atoms with Crippen molar-refractivity contribution in [2.75, 3.05) is 40.5 Å². The number of ether oxygens (including phenoxy) is 3. The smallest absolute Gasteiger partial charge is 0.191 e. The highest BCUT2D eigenvalue weighted by Gasteiger charge is 2.09. The fourth-order valence-corrected chi connectivity index (χ4v) is 2.12. The molecule has 0 saturated carbocycles. The number of guanidine groups is 1. The molecule has 24 heavy (non-hydrogen) atoms. The molecule has 0 aliphatic carbocycles. The second-order valence-electron chi connectivity index (χ2n) is 5.36. The van der Waals surface area contributed by atoms with E-state index in [0.717, 1.165) is 50.1 Å². The molecule has 2 N–H and O–H groups in total. The molecule has 0 fully saturated rings. The molecule has 1 unspecified atom stereocenters. The lowest BCUT2D eigenvalue weighted by atomic mass is 10.3. The maximum absolute atomic E-state index is 5.91. The molecular weight excluding hydrogens is 306 g/mol. The van der Waals surface area contributed by atoms with Crippen molar-refractivity contribution in [3.05, 3.63) is 24.3 Å². The number of hydrogen-bond donors (Lipinski definition) is 2. The van der Waals surface area contributed by atoms with Crippen molar-refractivity contribution in [1.82, 2.24) is 10.6 Å². The Balaban J connectivity index is 2.27. The van der Waals surface area contributed by atoms with Gasteiger partial charge < -0.3 is 24.8 Å². The number of aliphatic imine (C=N–C) groups is 1. The van der Waals surface area contributed by atoms with E-state index in [9.17, 15) is 0 Å². The Morgan fingerprint density at radius 1 is 1.17 bits per heavy atom. The molecule has 1 rings (SSSR count). The molecule has 0 bridgehead atoms. The number of methoxy groups -OCH3 is 1. The van der Waals surface area contributed by atoms with Gasteiger partial charge in [0.1, 0.15) is 6.10 Å². The summed E-state index contributed by atoms with van der Waals surface area (Å²) in [6, 6.07) is 7.64. The van der Waals surface area contributed by atoms with Crippen molar-refractivity contribution < 1.29 is 14.2 Å². The zero-order valence-corrected chi connectivity index (χ0v) is 15.3. The van der Waals surface area contributed by atoms with Gasteiger partial charge in [0, 0.05) is 26.8 Å². The first-order valence-corrected chi connectivity index (χ1v) is 8.53. The average molecular weight is 337 g/mol. The van der Waals surface area contributed by atoms with Crippen LogP contribution in [0.4, 0.5) is 0 Å². The molecule has 6 nitrogen and oxygen atoms in total. The van der Waals surface area contributed by atoms with E-state index < -0.39 is 0 Å². The quantitative estimate of drug-likeness (QED) is 0.369. The van der Waals surface area contributed by atoms with Gasteiger partial charge in [-0.1, -0.05) is 12.1 Å².